The number of hydrogen-bond donors (Lipinski definition) is 1. The van der Waals surface area contributed by atoms with E-state index in [1.165, 1.54) is 24.2 Å². The maximum Gasteiger partial charge on any atom is 0.336 e. The van der Waals surface area contributed by atoms with Gasteiger partial charge >= 0.3 is 5.97 Å². The van der Waals surface area contributed by atoms with E-state index in [0.29, 0.717) is 11.5 Å². The van der Waals surface area contributed by atoms with Crippen LogP contribution >= 0.6 is 11.3 Å². The average Bonchev–Trinajstić information content (AvgIpc) is 2.81. The van der Waals surface area contributed by atoms with Gasteiger partial charge in [0, 0.05) is 4.88 Å². The SMILES string of the molecule is CC1CCC(C=C(C(=O)O)c2cccs2)CC1. The summed E-state index contributed by atoms with van der Waals surface area (Å²) < 4.78 is 0. The second-order valence-electron chi connectivity index (χ2n) is 4.88. The van der Waals surface area contributed by atoms with E-state index in [1.807, 2.05) is 23.6 Å². The van der Waals surface area contributed by atoms with Crippen molar-refractivity contribution in [2.24, 2.45) is 11.8 Å². The second kappa shape index (κ2) is 5.50. The van der Waals surface area contributed by atoms with Gasteiger partial charge in [0.15, 0.2) is 0 Å². The molecule has 92 valence electrons. The Balaban J connectivity index is 2.14. The van der Waals surface area contributed by atoms with Gasteiger partial charge in [-0.2, -0.15) is 0 Å². The van der Waals surface area contributed by atoms with E-state index in [0.717, 1.165) is 23.6 Å². The van der Waals surface area contributed by atoms with Crippen molar-refractivity contribution in [1.29, 1.82) is 0 Å². The Hall–Kier alpha value is -1.09. The standard InChI is InChI=1S/C14H18O2S/c1-10-4-6-11(7-5-10)9-12(14(15)16)13-3-2-8-17-13/h2-3,8-11H,4-7H2,1H3,(H,15,16). The summed E-state index contributed by atoms with van der Waals surface area (Å²) in [5.41, 5.74) is 0.486. The molecule has 1 N–H and O–H groups in total. The van der Waals surface area contributed by atoms with Crippen LogP contribution < -0.4 is 0 Å². The molecule has 17 heavy (non-hydrogen) atoms. The van der Waals surface area contributed by atoms with Gasteiger partial charge in [0.1, 0.15) is 0 Å². The van der Waals surface area contributed by atoms with Gasteiger partial charge in [-0.3, -0.25) is 0 Å². The molecule has 0 radical (unpaired) electrons. The zero-order chi connectivity index (χ0) is 12.3. The van der Waals surface area contributed by atoms with Gasteiger partial charge in [-0.25, -0.2) is 4.79 Å². The molecule has 1 saturated carbocycles. The van der Waals surface area contributed by atoms with E-state index >= 15 is 0 Å². The lowest BCUT2D eigenvalue weighted by Crippen LogP contribution is -2.12. The molecule has 1 aromatic heterocycles. The number of aliphatic carboxylic acids is 1. The van der Waals surface area contributed by atoms with Crippen molar-refractivity contribution in [2.45, 2.75) is 32.6 Å². The van der Waals surface area contributed by atoms with Crippen molar-refractivity contribution in [3.63, 3.8) is 0 Å². The first kappa shape index (κ1) is 12.4. The van der Waals surface area contributed by atoms with E-state index in [1.54, 1.807) is 0 Å². The molecular formula is C14H18O2S. The summed E-state index contributed by atoms with van der Waals surface area (Å²) >= 11 is 1.50. The Morgan fingerprint density at radius 1 is 1.41 bits per heavy atom. The summed E-state index contributed by atoms with van der Waals surface area (Å²) in [5, 5.41) is 11.2. The maximum absolute atomic E-state index is 11.3. The highest BCUT2D eigenvalue weighted by Crippen LogP contribution is 2.32. The normalized spacial score (nSPS) is 25.8. The summed E-state index contributed by atoms with van der Waals surface area (Å²) in [6.45, 7) is 2.28. The fourth-order valence-electron chi connectivity index (χ4n) is 2.38. The minimum absolute atomic E-state index is 0.444. The molecule has 1 aliphatic carbocycles. The van der Waals surface area contributed by atoms with Crippen LogP contribution in [0.4, 0.5) is 0 Å². The lowest BCUT2D eigenvalue weighted by atomic mass is 9.82. The van der Waals surface area contributed by atoms with Gasteiger partial charge in [0.25, 0.3) is 0 Å². The van der Waals surface area contributed by atoms with Gasteiger partial charge in [0.05, 0.1) is 5.57 Å². The molecule has 0 spiro atoms. The Kier molecular flexibility index (Phi) is 4.00. The number of carboxylic acid groups (broad SMARTS) is 1. The van der Waals surface area contributed by atoms with Crippen molar-refractivity contribution in [3.8, 4) is 0 Å². The minimum Gasteiger partial charge on any atom is -0.478 e. The van der Waals surface area contributed by atoms with Gasteiger partial charge in [-0.05, 0) is 36.1 Å². The molecule has 2 rings (SSSR count). The molecule has 1 aliphatic rings. The van der Waals surface area contributed by atoms with Crippen molar-refractivity contribution in [3.05, 3.63) is 28.5 Å². The van der Waals surface area contributed by atoms with Crippen LogP contribution in [0.25, 0.3) is 5.57 Å². The van der Waals surface area contributed by atoms with Crippen molar-refractivity contribution in [1.82, 2.24) is 0 Å². The highest BCUT2D eigenvalue weighted by atomic mass is 32.1. The van der Waals surface area contributed by atoms with Gasteiger partial charge in [0.2, 0.25) is 0 Å². The third-order valence-electron chi connectivity index (χ3n) is 3.48. The Morgan fingerprint density at radius 3 is 2.65 bits per heavy atom. The van der Waals surface area contributed by atoms with Crippen LogP contribution in [-0.4, -0.2) is 11.1 Å². The molecule has 1 heterocycles. The largest absolute Gasteiger partial charge is 0.478 e. The summed E-state index contributed by atoms with van der Waals surface area (Å²) in [6.07, 6.45) is 6.67. The Morgan fingerprint density at radius 2 is 2.12 bits per heavy atom. The van der Waals surface area contributed by atoms with Crippen molar-refractivity contribution in [2.75, 3.05) is 0 Å². The van der Waals surface area contributed by atoms with E-state index in [-0.39, 0.29) is 0 Å². The third-order valence-corrected chi connectivity index (χ3v) is 4.38. The second-order valence-corrected chi connectivity index (χ2v) is 5.83. The van der Waals surface area contributed by atoms with E-state index < -0.39 is 5.97 Å². The minimum atomic E-state index is -0.800. The number of allylic oxidation sites excluding steroid dienone is 1. The average molecular weight is 250 g/mol. The first-order valence-electron chi connectivity index (χ1n) is 6.16. The molecule has 1 fully saturated rings. The van der Waals surface area contributed by atoms with Crippen LogP contribution in [-0.2, 0) is 4.79 Å². The molecule has 0 atom stereocenters. The van der Waals surface area contributed by atoms with Crippen LogP contribution in [0.3, 0.4) is 0 Å². The van der Waals surface area contributed by atoms with Crippen LogP contribution in [0.1, 0.15) is 37.5 Å². The molecule has 0 amide bonds. The fraction of sp³-hybridized carbons (Fsp3) is 0.500. The van der Waals surface area contributed by atoms with Gasteiger partial charge < -0.3 is 5.11 Å². The predicted molar refractivity (Wildman–Crippen MR) is 71.1 cm³/mol. The zero-order valence-corrected chi connectivity index (χ0v) is 10.9. The third kappa shape index (κ3) is 3.19. The summed E-state index contributed by atoms with van der Waals surface area (Å²) in [6, 6.07) is 3.79. The summed E-state index contributed by atoms with van der Waals surface area (Å²) in [7, 11) is 0. The highest BCUT2D eigenvalue weighted by molar-refractivity contribution is 7.11. The van der Waals surface area contributed by atoms with Crippen LogP contribution in [0.2, 0.25) is 0 Å². The number of hydrogen-bond acceptors (Lipinski definition) is 2. The predicted octanol–water partition coefficient (Wildman–Crippen LogP) is 4.04. The van der Waals surface area contributed by atoms with Gasteiger partial charge in [-0.1, -0.05) is 31.9 Å². The first-order valence-corrected chi connectivity index (χ1v) is 7.03. The summed E-state index contributed by atoms with van der Waals surface area (Å²) in [4.78, 5) is 12.1. The van der Waals surface area contributed by atoms with Crippen LogP contribution in [0.15, 0.2) is 23.6 Å². The lowest BCUT2D eigenvalue weighted by molar-refractivity contribution is -0.130. The monoisotopic (exact) mass is 250 g/mol. The Labute approximate surface area is 106 Å². The molecule has 1 aromatic rings. The maximum atomic E-state index is 11.3. The van der Waals surface area contributed by atoms with Crippen molar-refractivity contribution >= 4 is 22.9 Å². The number of carboxylic acids is 1. The quantitative estimate of drug-likeness (QED) is 0.822. The Bertz CT molecular complexity index is 398. The number of carbonyl (C=O) groups is 1. The molecule has 2 nitrogen and oxygen atoms in total. The molecule has 0 aromatic carbocycles. The first-order chi connectivity index (χ1) is 8.16. The van der Waals surface area contributed by atoms with Crippen molar-refractivity contribution < 1.29 is 9.90 Å². The van der Waals surface area contributed by atoms with E-state index in [9.17, 15) is 9.90 Å². The summed E-state index contributed by atoms with van der Waals surface area (Å²) in [5.74, 6) is 0.445. The smallest absolute Gasteiger partial charge is 0.336 e. The topological polar surface area (TPSA) is 37.3 Å². The highest BCUT2D eigenvalue weighted by Gasteiger charge is 2.19. The van der Waals surface area contributed by atoms with Crippen LogP contribution in [0.5, 0.6) is 0 Å². The fourth-order valence-corrected chi connectivity index (χ4v) is 3.12. The van der Waals surface area contributed by atoms with E-state index in [2.05, 4.69) is 6.92 Å². The van der Waals surface area contributed by atoms with Gasteiger partial charge in [-0.15, -0.1) is 11.3 Å². The molecular weight excluding hydrogens is 232 g/mol. The number of rotatable bonds is 3. The molecule has 0 saturated heterocycles. The zero-order valence-electron chi connectivity index (χ0n) is 10.1. The van der Waals surface area contributed by atoms with E-state index in [4.69, 9.17) is 0 Å². The number of thiophene rings is 1. The molecule has 3 heteroatoms. The molecule has 0 bridgehead atoms. The lowest BCUT2D eigenvalue weighted by Gasteiger charge is -2.24. The molecule has 0 aliphatic heterocycles. The van der Waals surface area contributed by atoms with Crippen LogP contribution in [0, 0.1) is 11.8 Å². The molecule has 0 unspecified atom stereocenters.